The number of nitriles is 1. The van der Waals surface area contributed by atoms with Gasteiger partial charge < -0.3 is 23.7 Å². The molecule has 0 spiro atoms. The summed E-state index contributed by atoms with van der Waals surface area (Å²) in [6.07, 6.45) is 0.613. The number of carbonyl (C=O) groups is 1. The molecule has 1 fully saturated rings. The molecule has 2 heterocycles. The zero-order valence-electron chi connectivity index (χ0n) is 28.6. The number of imidazole rings is 1. The maximum Gasteiger partial charge on any atom is 0.410 e. The van der Waals surface area contributed by atoms with E-state index in [0.29, 0.717) is 55.0 Å². The number of carbonyl (C=O) groups excluding carboxylic acids is 1. The van der Waals surface area contributed by atoms with Crippen molar-refractivity contribution in [1.29, 1.82) is 5.26 Å². The standard InChI is InChI=1S/C37H44F2N4O4Si/c1-36(2,3)47-35(44)42-16-14-37(15-17-42,29-12-10-27(11-13-29)28-9-7-8-26(20-28)23-40)46-24-34-41-32-21-30(38)31(39)22-33(32)43(34)25-45-18-19-48(4,5)6/h7-13,20-22H,14-19,24-25H2,1-6H3. The molecule has 0 radical (unpaired) electrons. The molecule has 0 saturated carbocycles. The van der Waals surface area contributed by atoms with Gasteiger partial charge >= 0.3 is 6.09 Å². The summed E-state index contributed by atoms with van der Waals surface area (Å²) in [5, 5.41) is 9.36. The molecule has 0 aliphatic carbocycles. The van der Waals surface area contributed by atoms with Gasteiger partial charge in [0.2, 0.25) is 0 Å². The third kappa shape index (κ3) is 8.48. The third-order valence-corrected chi connectivity index (χ3v) is 10.2. The molecule has 4 aromatic rings. The van der Waals surface area contributed by atoms with Crippen molar-refractivity contribution in [3.05, 3.63) is 89.2 Å². The minimum atomic E-state index is -1.34. The van der Waals surface area contributed by atoms with E-state index in [1.807, 2.05) is 63.2 Å². The van der Waals surface area contributed by atoms with Crippen LogP contribution in [0.5, 0.6) is 0 Å². The van der Waals surface area contributed by atoms with Crippen LogP contribution in [0.2, 0.25) is 25.7 Å². The van der Waals surface area contributed by atoms with Crippen LogP contribution in [-0.4, -0.2) is 53.9 Å². The third-order valence-electron chi connectivity index (χ3n) is 8.52. The van der Waals surface area contributed by atoms with Gasteiger partial charge in [0.25, 0.3) is 0 Å². The molecule has 1 saturated heterocycles. The van der Waals surface area contributed by atoms with Crippen molar-refractivity contribution in [1.82, 2.24) is 14.5 Å². The number of ether oxygens (including phenoxy) is 3. The molecule has 1 aromatic heterocycles. The van der Waals surface area contributed by atoms with E-state index in [0.717, 1.165) is 34.9 Å². The molecule has 1 amide bonds. The predicted molar refractivity (Wildman–Crippen MR) is 184 cm³/mol. The minimum Gasteiger partial charge on any atom is -0.444 e. The van der Waals surface area contributed by atoms with Crippen molar-refractivity contribution in [3.63, 3.8) is 0 Å². The Hall–Kier alpha value is -4.11. The summed E-state index contributed by atoms with van der Waals surface area (Å²) in [5.74, 6) is -1.43. The Bertz CT molecular complexity index is 1800. The summed E-state index contributed by atoms with van der Waals surface area (Å²) in [4.78, 5) is 19.3. The first-order valence-electron chi connectivity index (χ1n) is 16.3. The quantitative estimate of drug-likeness (QED) is 0.124. The number of rotatable bonds is 10. The SMILES string of the molecule is CC(C)(C)OC(=O)N1CCC(OCc2nc3cc(F)c(F)cc3n2COCC[Si](C)(C)C)(c2ccc(-c3cccc(C#N)c3)cc2)CC1. The van der Waals surface area contributed by atoms with Crippen LogP contribution in [0.25, 0.3) is 22.2 Å². The van der Waals surface area contributed by atoms with Crippen molar-refractivity contribution < 1.29 is 27.8 Å². The van der Waals surface area contributed by atoms with Gasteiger partial charge in [0.1, 0.15) is 24.8 Å². The highest BCUT2D eigenvalue weighted by atomic mass is 28.3. The second kappa shape index (κ2) is 14.2. The second-order valence-electron chi connectivity index (χ2n) is 14.6. The van der Waals surface area contributed by atoms with Gasteiger partial charge in [0, 0.05) is 39.9 Å². The Balaban J connectivity index is 1.44. The number of hydrogen-bond acceptors (Lipinski definition) is 6. The molecular weight excluding hydrogens is 631 g/mol. The van der Waals surface area contributed by atoms with E-state index < -0.39 is 30.9 Å². The highest BCUT2D eigenvalue weighted by molar-refractivity contribution is 6.76. The van der Waals surface area contributed by atoms with E-state index in [9.17, 15) is 18.8 Å². The van der Waals surface area contributed by atoms with Gasteiger partial charge in [-0.15, -0.1) is 0 Å². The van der Waals surface area contributed by atoms with Gasteiger partial charge in [0.05, 0.1) is 28.3 Å². The largest absolute Gasteiger partial charge is 0.444 e. The summed E-state index contributed by atoms with van der Waals surface area (Å²) in [7, 11) is -1.34. The molecule has 5 rings (SSSR count). The lowest BCUT2D eigenvalue weighted by molar-refractivity contribution is -0.102. The number of piperidine rings is 1. The van der Waals surface area contributed by atoms with Crippen molar-refractivity contribution in [2.24, 2.45) is 0 Å². The first-order valence-corrected chi connectivity index (χ1v) is 20.0. The highest BCUT2D eigenvalue weighted by Gasteiger charge is 2.40. The molecule has 0 N–H and O–H groups in total. The van der Waals surface area contributed by atoms with Crippen LogP contribution in [0.15, 0.2) is 60.7 Å². The summed E-state index contributed by atoms with van der Waals surface area (Å²) in [6.45, 7) is 13.9. The second-order valence-corrected chi connectivity index (χ2v) is 20.2. The molecule has 11 heteroatoms. The van der Waals surface area contributed by atoms with Gasteiger partial charge in [-0.2, -0.15) is 5.26 Å². The Morgan fingerprint density at radius 1 is 1.00 bits per heavy atom. The molecule has 8 nitrogen and oxygen atoms in total. The summed E-state index contributed by atoms with van der Waals surface area (Å²) >= 11 is 0. The number of hydrogen-bond donors (Lipinski definition) is 0. The van der Waals surface area contributed by atoms with E-state index in [1.54, 1.807) is 15.5 Å². The smallest absolute Gasteiger partial charge is 0.410 e. The lowest BCUT2D eigenvalue weighted by Gasteiger charge is -2.42. The molecule has 48 heavy (non-hydrogen) atoms. The number of aromatic nitrogens is 2. The fourth-order valence-corrected chi connectivity index (χ4v) is 6.55. The summed E-state index contributed by atoms with van der Waals surface area (Å²) in [6, 6.07) is 20.9. The van der Waals surface area contributed by atoms with E-state index in [1.165, 1.54) is 0 Å². The van der Waals surface area contributed by atoms with Crippen LogP contribution in [0, 0.1) is 23.0 Å². The molecule has 0 unspecified atom stereocenters. The van der Waals surface area contributed by atoms with Gasteiger partial charge in [-0.3, -0.25) is 0 Å². The van der Waals surface area contributed by atoms with E-state index in [-0.39, 0.29) is 19.4 Å². The van der Waals surface area contributed by atoms with E-state index in [2.05, 4.69) is 30.7 Å². The average molecular weight is 675 g/mol. The average Bonchev–Trinajstić information content (AvgIpc) is 3.37. The van der Waals surface area contributed by atoms with Gasteiger partial charge in [-0.1, -0.05) is 56.0 Å². The Morgan fingerprint density at radius 3 is 2.33 bits per heavy atom. The minimum absolute atomic E-state index is 0.0493. The Labute approximate surface area is 282 Å². The number of likely N-dealkylation sites (tertiary alicyclic amines) is 1. The highest BCUT2D eigenvalue weighted by Crippen LogP contribution is 2.39. The van der Waals surface area contributed by atoms with Gasteiger partial charge in [-0.05, 0) is 68.5 Å². The fraction of sp³-hybridized carbons (Fsp3) is 0.432. The summed E-state index contributed by atoms with van der Waals surface area (Å²) < 4.78 is 48.9. The van der Waals surface area contributed by atoms with Crippen LogP contribution in [0.4, 0.5) is 13.6 Å². The Morgan fingerprint density at radius 2 is 1.69 bits per heavy atom. The maximum absolute atomic E-state index is 14.4. The van der Waals surface area contributed by atoms with Crippen molar-refractivity contribution in [2.45, 2.75) is 83.8 Å². The van der Waals surface area contributed by atoms with Gasteiger partial charge in [0.15, 0.2) is 11.6 Å². The first-order chi connectivity index (χ1) is 22.7. The molecule has 3 aromatic carbocycles. The number of nitrogens with zero attached hydrogens (tertiary/aromatic N) is 4. The van der Waals surface area contributed by atoms with Crippen LogP contribution >= 0.6 is 0 Å². The lowest BCUT2D eigenvalue weighted by atomic mass is 9.83. The lowest BCUT2D eigenvalue weighted by Crippen LogP contribution is -2.48. The van der Waals surface area contributed by atoms with Crippen LogP contribution in [0.1, 0.15) is 50.6 Å². The van der Waals surface area contributed by atoms with E-state index in [4.69, 9.17) is 14.2 Å². The molecule has 0 bridgehead atoms. The zero-order chi connectivity index (χ0) is 34.7. The first kappa shape index (κ1) is 35.2. The number of halogens is 2. The fourth-order valence-electron chi connectivity index (χ4n) is 5.79. The normalized spacial score (nSPS) is 15.0. The maximum atomic E-state index is 14.4. The number of benzene rings is 3. The van der Waals surface area contributed by atoms with Crippen LogP contribution < -0.4 is 0 Å². The number of fused-ring (bicyclic) bond motifs is 1. The van der Waals surface area contributed by atoms with Crippen molar-refractivity contribution in [3.8, 4) is 17.2 Å². The van der Waals surface area contributed by atoms with Crippen molar-refractivity contribution in [2.75, 3.05) is 19.7 Å². The monoisotopic (exact) mass is 674 g/mol. The molecule has 1 aliphatic rings. The summed E-state index contributed by atoms with van der Waals surface area (Å²) in [5.41, 5.74) is 2.74. The topological polar surface area (TPSA) is 89.6 Å². The Kier molecular flexibility index (Phi) is 10.4. The van der Waals surface area contributed by atoms with Crippen LogP contribution in [-0.2, 0) is 33.1 Å². The predicted octanol–water partition coefficient (Wildman–Crippen LogP) is 8.61. The zero-order valence-corrected chi connectivity index (χ0v) is 29.6. The number of amides is 1. The molecule has 0 atom stereocenters. The van der Waals surface area contributed by atoms with E-state index >= 15 is 0 Å². The molecule has 254 valence electrons. The molecule has 1 aliphatic heterocycles. The van der Waals surface area contributed by atoms with Crippen LogP contribution in [0.3, 0.4) is 0 Å². The molecular formula is C37H44F2N4O4Si. The van der Waals surface area contributed by atoms with Crippen molar-refractivity contribution >= 4 is 25.2 Å². The van der Waals surface area contributed by atoms with Gasteiger partial charge in [-0.25, -0.2) is 18.6 Å².